The Morgan fingerprint density at radius 1 is 1.31 bits per heavy atom. The standard InChI is InChI=1S/C12H17N3O/c13-10-7-4-8-11(14)12(10)15-16-9-5-2-1-3-6-9/h4,7-9,13H,1-3,5-6,14H2/b13-10?,15-12+. The Kier molecular flexibility index (Phi) is 3.39. The van der Waals surface area contributed by atoms with Crippen LogP contribution in [0.25, 0.3) is 0 Å². The normalized spacial score (nSPS) is 24.6. The number of allylic oxidation sites excluding steroid dienone is 4. The molecule has 0 heterocycles. The molecule has 2 aliphatic rings. The highest BCUT2D eigenvalue weighted by Crippen LogP contribution is 2.20. The molecule has 2 aliphatic carbocycles. The van der Waals surface area contributed by atoms with Gasteiger partial charge in [-0.1, -0.05) is 17.7 Å². The molecule has 4 heteroatoms. The molecular formula is C12H17N3O. The number of hydrogen-bond acceptors (Lipinski definition) is 4. The van der Waals surface area contributed by atoms with E-state index in [4.69, 9.17) is 16.0 Å². The predicted octanol–water partition coefficient (Wildman–Crippen LogP) is 2.12. The number of nitrogens with one attached hydrogen (secondary N) is 1. The Morgan fingerprint density at radius 3 is 2.75 bits per heavy atom. The summed E-state index contributed by atoms with van der Waals surface area (Å²) in [5.41, 5.74) is 7.01. The van der Waals surface area contributed by atoms with Crippen LogP contribution in [0.3, 0.4) is 0 Å². The lowest BCUT2D eigenvalue weighted by Crippen LogP contribution is -2.23. The van der Waals surface area contributed by atoms with Gasteiger partial charge in [0.2, 0.25) is 0 Å². The van der Waals surface area contributed by atoms with Crippen molar-refractivity contribution in [3.05, 3.63) is 23.9 Å². The third-order valence-electron chi connectivity index (χ3n) is 2.91. The third-order valence-corrected chi connectivity index (χ3v) is 2.91. The summed E-state index contributed by atoms with van der Waals surface area (Å²) in [6.45, 7) is 0. The zero-order valence-corrected chi connectivity index (χ0v) is 9.28. The van der Waals surface area contributed by atoms with E-state index in [2.05, 4.69) is 5.16 Å². The average Bonchev–Trinajstić information content (AvgIpc) is 2.30. The summed E-state index contributed by atoms with van der Waals surface area (Å²) < 4.78 is 0. The number of hydrogen-bond donors (Lipinski definition) is 2. The van der Waals surface area contributed by atoms with Gasteiger partial charge in [-0.15, -0.1) is 0 Å². The first-order chi connectivity index (χ1) is 7.77. The molecule has 0 radical (unpaired) electrons. The fourth-order valence-electron chi connectivity index (χ4n) is 1.96. The van der Waals surface area contributed by atoms with Crippen molar-refractivity contribution in [2.24, 2.45) is 10.9 Å². The molecule has 1 saturated carbocycles. The molecule has 86 valence electrons. The topological polar surface area (TPSA) is 71.5 Å². The van der Waals surface area contributed by atoms with Crippen molar-refractivity contribution in [2.75, 3.05) is 0 Å². The van der Waals surface area contributed by atoms with Gasteiger partial charge in [0, 0.05) is 0 Å². The van der Waals surface area contributed by atoms with Gasteiger partial charge in [0.25, 0.3) is 0 Å². The second-order valence-electron chi connectivity index (χ2n) is 4.20. The van der Waals surface area contributed by atoms with Gasteiger partial charge in [0.15, 0.2) is 5.71 Å². The lowest BCUT2D eigenvalue weighted by molar-refractivity contribution is 0.0334. The molecule has 0 aromatic heterocycles. The van der Waals surface area contributed by atoms with Crippen LogP contribution in [0.15, 0.2) is 29.1 Å². The van der Waals surface area contributed by atoms with Gasteiger partial charge >= 0.3 is 0 Å². The molecule has 2 rings (SSSR count). The van der Waals surface area contributed by atoms with Crippen LogP contribution >= 0.6 is 0 Å². The number of nitrogens with two attached hydrogens (primary N) is 1. The van der Waals surface area contributed by atoms with E-state index in [0.29, 0.717) is 17.1 Å². The molecule has 0 saturated heterocycles. The van der Waals surface area contributed by atoms with Crippen LogP contribution in [0.2, 0.25) is 0 Å². The molecule has 0 spiro atoms. The molecule has 0 aliphatic heterocycles. The van der Waals surface area contributed by atoms with Gasteiger partial charge in [-0.3, -0.25) is 5.41 Å². The van der Waals surface area contributed by atoms with Gasteiger partial charge in [0.05, 0.1) is 11.4 Å². The zero-order valence-electron chi connectivity index (χ0n) is 9.28. The van der Waals surface area contributed by atoms with Gasteiger partial charge < -0.3 is 10.6 Å². The fraction of sp³-hybridized carbons (Fsp3) is 0.500. The number of nitrogens with zero attached hydrogens (tertiary/aromatic N) is 1. The minimum atomic E-state index is 0.202. The van der Waals surface area contributed by atoms with Crippen LogP contribution in [0.1, 0.15) is 32.1 Å². The fourth-order valence-corrected chi connectivity index (χ4v) is 1.96. The zero-order chi connectivity index (χ0) is 11.4. The highest BCUT2D eigenvalue weighted by molar-refractivity contribution is 6.51. The lowest BCUT2D eigenvalue weighted by atomic mass is 9.98. The maximum Gasteiger partial charge on any atom is 0.150 e. The molecule has 0 atom stereocenters. The van der Waals surface area contributed by atoms with Crippen molar-refractivity contribution in [2.45, 2.75) is 38.2 Å². The number of rotatable bonds is 2. The van der Waals surface area contributed by atoms with Gasteiger partial charge in [-0.2, -0.15) is 0 Å². The van der Waals surface area contributed by atoms with Crippen molar-refractivity contribution >= 4 is 11.4 Å². The van der Waals surface area contributed by atoms with Gasteiger partial charge in [-0.25, -0.2) is 0 Å². The van der Waals surface area contributed by atoms with E-state index in [1.165, 1.54) is 19.3 Å². The molecule has 3 N–H and O–H groups in total. The average molecular weight is 219 g/mol. The van der Waals surface area contributed by atoms with E-state index < -0.39 is 0 Å². The minimum absolute atomic E-state index is 0.202. The molecule has 16 heavy (non-hydrogen) atoms. The SMILES string of the molecule is N=C1C=CC=C(N)/C1=N/OC1CCCCC1. The van der Waals surface area contributed by atoms with E-state index in [-0.39, 0.29) is 6.10 Å². The highest BCUT2D eigenvalue weighted by Gasteiger charge is 2.16. The number of oxime groups is 1. The van der Waals surface area contributed by atoms with Crippen molar-refractivity contribution in [3.63, 3.8) is 0 Å². The third kappa shape index (κ3) is 2.51. The van der Waals surface area contributed by atoms with Crippen LogP contribution in [0, 0.1) is 5.41 Å². The molecular weight excluding hydrogens is 202 g/mol. The molecule has 0 bridgehead atoms. The molecule has 0 amide bonds. The molecule has 0 aromatic rings. The molecule has 4 nitrogen and oxygen atoms in total. The van der Waals surface area contributed by atoms with Crippen LogP contribution in [-0.4, -0.2) is 17.5 Å². The summed E-state index contributed by atoms with van der Waals surface area (Å²) in [5, 5.41) is 11.7. The summed E-state index contributed by atoms with van der Waals surface area (Å²) in [5.74, 6) is 0. The Balaban J connectivity index is 1.98. The Bertz CT molecular complexity index is 362. The van der Waals surface area contributed by atoms with Crippen molar-refractivity contribution in [1.29, 1.82) is 5.41 Å². The van der Waals surface area contributed by atoms with Crippen molar-refractivity contribution in [1.82, 2.24) is 0 Å². The summed E-state index contributed by atoms with van der Waals surface area (Å²) in [7, 11) is 0. The summed E-state index contributed by atoms with van der Waals surface area (Å²) >= 11 is 0. The van der Waals surface area contributed by atoms with E-state index in [1.54, 1.807) is 18.2 Å². The Hall–Kier alpha value is -1.58. The quantitative estimate of drug-likeness (QED) is 0.551. The second kappa shape index (κ2) is 4.96. The highest BCUT2D eigenvalue weighted by atomic mass is 16.6. The molecule has 0 aromatic carbocycles. The van der Waals surface area contributed by atoms with Crippen LogP contribution in [0.4, 0.5) is 0 Å². The monoisotopic (exact) mass is 219 g/mol. The molecule has 0 unspecified atom stereocenters. The Morgan fingerprint density at radius 2 is 2.06 bits per heavy atom. The summed E-state index contributed by atoms with van der Waals surface area (Å²) in [6, 6.07) is 0. The maximum atomic E-state index is 7.68. The first-order valence-corrected chi connectivity index (χ1v) is 5.74. The lowest BCUT2D eigenvalue weighted by Gasteiger charge is -2.20. The van der Waals surface area contributed by atoms with E-state index >= 15 is 0 Å². The smallest absolute Gasteiger partial charge is 0.150 e. The van der Waals surface area contributed by atoms with E-state index in [0.717, 1.165) is 12.8 Å². The van der Waals surface area contributed by atoms with Crippen molar-refractivity contribution < 1.29 is 4.84 Å². The van der Waals surface area contributed by atoms with E-state index in [1.807, 2.05) is 0 Å². The van der Waals surface area contributed by atoms with Crippen LogP contribution in [0.5, 0.6) is 0 Å². The largest absolute Gasteiger partial charge is 0.397 e. The summed E-state index contributed by atoms with van der Waals surface area (Å²) in [6.07, 6.45) is 11.2. The predicted molar refractivity (Wildman–Crippen MR) is 64.5 cm³/mol. The first-order valence-electron chi connectivity index (χ1n) is 5.74. The van der Waals surface area contributed by atoms with Gasteiger partial charge in [-0.05, 0) is 37.8 Å². The summed E-state index contributed by atoms with van der Waals surface area (Å²) in [4.78, 5) is 5.46. The minimum Gasteiger partial charge on any atom is -0.397 e. The molecule has 1 fully saturated rings. The first kappa shape index (κ1) is 10.9. The second-order valence-corrected chi connectivity index (χ2v) is 4.20. The van der Waals surface area contributed by atoms with E-state index in [9.17, 15) is 0 Å². The maximum absolute atomic E-state index is 7.68. The Labute approximate surface area is 95.4 Å². The van der Waals surface area contributed by atoms with Crippen LogP contribution < -0.4 is 5.73 Å². The van der Waals surface area contributed by atoms with Crippen LogP contribution in [-0.2, 0) is 4.84 Å². The van der Waals surface area contributed by atoms with Gasteiger partial charge in [0.1, 0.15) is 6.10 Å². The van der Waals surface area contributed by atoms with Crippen molar-refractivity contribution in [3.8, 4) is 0 Å².